The fraction of sp³-hybridized carbons (Fsp3) is 0.190. The highest BCUT2D eigenvalue weighted by Crippen LogP contribution is 2.37. The zero-order valence-electron chi connectivity index (χ0n) is 16.1. The van der Waals surface area contributed by atoms with Crippen LogP contribution in [0.15, 0.2) is 64.8 Å². The van der Waals surface area contributed by atoms with Crippen molar-refractivity contribution in [3.8, 4) is 0 Å². The summed E-state index contributed by atoms with van der Waals surface area (Å²) in [7, 11) is 1.86. The van der Waals surface area contributed by atoms with Gasteiger partial charge in [-0.2, -0.15) is 0 Å². The highest BCUT2D eigenvalue weighted by Gasteiger charge is 2.35. The van der Waals surface area contributed by atoms with Gasteiger partial charge >= 0.3 is 0 Å². The number of hydrogen-bond donors (Lipinski definition) is 1. The Bertz CT molecular complexity index is 1100. The van der Waals surface area contributed by atoms with Crippen molar-refractivity contribution < 1.29 is 14.1 Å². The van der Waals surface area contributed by atoms with Gasteiger partial charge in [-0.25, -0.2) is 4.98 Å². The van der Waals surface area contributed by atoms with Crippen LogP contribution in [0.4, 0.5) is 5.69 Å². The van der Waals surface area contributed by atoms with Crippen molar-refractivity contribution in [2.45, 2.75) is 23.3 Å². The normalized spacial score (nSPS) is 15.5. The first-order valence-corrected chi connectivity index (χ1v) is 10.4. The van der Waals surface area contributed by atoms with E-state index in [-0.39, 0.29) is 11.8 Å². The molecule has 7 nitrogen and oxygen atoms in total. The number of amides is 2. The van der Waals surface area contributed by atoms with E-state index >= 15 is 0 Å². The van der Waals surface area contributed by atoms with Crippen LogP contribution in [0.3, 0.4) is 0 Å². The molecule has 2 heterocycles. The molecule has 1 aliphatic rings. The van der Waals surface area contributed by atoms with Crippen molar-refractivity contribution in [3.05, 3.63) is 71.8 Å². The van der Waals surface area contributed by atoms with E-state index in [1.165, 1.54) is 0 Å². The number of rotatable bonds is 4. The summed E-state index contributed by atoms with van der Waals surface area (Å²) in [5.74, 6) is -0.493. The average Bonchev–Trinajstić information content (AvgIpc) is 3.13. The summed E-state index contributed by atoms with van der Waals surface area (Å²) in [6, 6.07) is 11.9. The minimum absolute atomic E-state index is 0.220. The number of nitrogens with zero attached hydrogens (tertiary/aromatic N) is 3. The largest absolute Gasteiger partial charge is 0.606 e. The Kier molecular flexibility index (Phi) is 5.12. The third-order valence-electron chi connectivity index (χ3n) is 4.94. The number of carbonyl (C=O) groups is 2. The SMILES string of the molecule is CCN1C(=O)c2ccccc2[S+]([O-])c2ccc(C(=O)NCc3cncn3C)cc21. The summed E-state index contributed by atoms with van der Waals surface area (Å²) in [6.45, 7) is 2.59. The predicted octanol–water partition coefficient (Wildman–Crippen LogP) is 2.50. The van der Waals surface area contributed by atoms with Crippen LogP contribution < -0.4 is 10.2 Å². The van der Waals surface area contributed by atoms with Gasteiger partial charge in [0.1, 0.15) is 5.69 Å². The third kappa shape index (κ3) is 3.41. The molecule has 0 saturated carbocycles. The van der Waals surface area contributed by atoms with Gasteiger partial charge in [0.15, 0.2) is 9.79 Å². The van der Waals surface area contributed by atoms with Crippen LogP contribution in [-0.2, 0) is 24.8 Å². The number of aromatic nitrogens is 2. The smallest absolute Gasteiger partial charge is 0.263 e. The molecule has 4 rings (SSSR count). The molecule has 1 aliphatic heterocycles. The monoisotopic (exact) mass is 408 g/mol. The van der Waals surface area contributed by atoms with Crippen molar-refractivity contribution in [1.82, 2.24) is 14.9 Å². The summed E-state index contributed by atoms with van der Waals surface area (Å²) in [4.78, 5) is 32.3. The number of nitrogens with one attached hydrogen (secondary N) is 1. The van der Waals surface area contributed by atoms with E-state index in [9.17, 15) is 14.1 Å². The molecule has 1 unspecified atom stereocenters. The summed E-state index contributed by atoms with van der Waals surface area (Å²) < 4.78 is 15.0. The molecule has 1 N–H and O–H groups in total. The lowest BCUT2D eigenvalue weighted by Gasteiger charge is -2.20. The molecular weight excluding hydrogens is 388 g/mol. The summed E-state index contributed by atoms with van der Waals surface area (Å²) >= 11 is -1.51. The predicted molar refractivity (Wildman–Crippen MR) is 109 cm³/mol. The summed E-state index contributed by atoms with van der Waals surface area (Å²) in [5.41, 5.74) is 2.20. The first kappa shape index (κ1) is 19.2. The van der Waals surface area contributed by atoms with Crippen LogP contribution in [0.2, 0.25) is 0 Å². The lowest BCUT2D eigenvalue weighted by Crippen LogP contribution is -2.31. The second-order valence-electron chi connectivity index (χ2n) is 6.68. The molecule has 0 saturated heterocycles. The van der Waals surface area contributed by atoms with Crippen LogP contribution in [0, 0.1) is 0 Å². The molecule has 0 aliphatic carbocycles. The van der Waals surface area contributed by atoms with Crippen LogP contribution >= 0.6 is 0 Å². The number of hydrogen-bond acceptors (Lipinski definition) is 4. The van der Waals surface area contributed by atoms with Gasteiger partial charge < -0.3 is 19.3 Å². The fourth-order valence-corrected chi connectivity index (χ4v) is 4.69. The fourth-order valence-electron chi connectivity index (χ4n) is 3.35. The van der Waals surface area contributed by atoms with Crippen molar-refractivity contribution in [2.75, 3.05) is 11.4 Å². The molecule has 1 aromatic heterocycles. The van der Waals surface area contributed by atoms with E-state index in [1.807, 2.05) is 18.5 Å². The molecule has 8 heteroatoms. The Labute approximate surface area is 171 Å². The molecule has 1 atom stereocenters. The molecule has 0 radical (unpaired) electrons. The molecule has 2 amide bonds. The van der Waals surface area contributed by atoms with Gasteiger partial charge in [0.2, 0.25) is 0 Å². The van der Waals surface area contributed by atoms with E-state index in [1.54, 1.807) is 59.9 Å². The first-order chi connectivity index (χ1) is 14.0. The third-order valence-corrected chi connectivity index (χ3v) is 6.44. The van der Waals surface area contributed by atoms with Crippen molar-refractivity contribution in [1.29, 1.82) is 0 Å². The van der Waals surface area contributed by atoms with Gasteiger partial charge in [0.05, 0.1) is 24.1 Å². The second kappa shape index (κ2) is 7.73. The zero-order valence-corrected chi connectivity index (χ0v) is 16.9. The molecule has 2 aromatic carbocycles. The Morgan fingerprint density at radius 3 is 2.72 bits per heavy atom. The van der Waals surface area contributed by atoms with Gasteiger partial charge in [-0.1, -0.05) is 12.1 Å². The highest BCUT2D eigenvalue weighted by atomic mass is 32.2. The van der Waals surface area contributed by atoms with Crippen molar-refractivity contribution >= 4 is 28.7 Å². The van der Waals surface area contributed by atoms with Gasteiger partial charge in [-0.15, -0.1) is 0 Å². The lowest BCUT2D eigenvalue weighted by atomic mass is 10.1. The number of fused-ring (bicyclic) bond motifs is 2. The van der Waals surface area contributed by atoms with E-state index in [4.69, 9.17) is 0 Å². The Morgan fingerprint density at radius 2 is 2.00 bits per heavy atom. The molecular formula is C21H20N4O3S. The number of carbonyl (C=O) groups excluding carboxylic acids is 2. The van der Waals surface area contributed by atoms with Crippen LogP contribution in [0.25, 0.3) is 0 Å². The topological polar surface area (TPSA) is 90.3 Å². The Balaban J connectivity index is 1.68. The first-order valence-electron chi connectivity index (χ1n) is 9.21. The number of aryl methyl sites for hydroxylation is 1. The van der Waals surface area contributed by atoms with Gasteiger partial charge in [-0.3, -0.25) is 9.59 Å². The van der Waals surface area contributed by atoms with E-state index in [2.05, 4.69) is 10.3 Å². The number of benzene rings is 2. The maximum atomic E-state index is 13.2. The van der Waals surface area contributed by atoms with Gasteiger partial charge in [-0.05, 0) is 37.3 Å². The quantitative estimate of drug-likeness (QED) is 0.672. The van der Waals surface area contributed by atoms with Crippen LogP contribution in [0.1, 0.15) is 33.3 Å². The molecule has 3 aromatic rings. The molecule has 148 valence electrons. The number of anilines is 1. The average molecular weight is 408 g/mol. The van der Waals surface area contributed by atoms with Crippen LogP contribution in [0.5, 0.6) is 0 Å². The molecule has 29 heavy (non-hydrogen) atoms. The maximum Gasteiger partial charge on any atom is 0.263 e. The Morgan fingerprint density at radius 1 is 1.21 bits per heavy atom. The number of imidazole rings is 1. The second-order valence-corrected chi connectivity index (χ2v) is 8.09. The van der Waals surface area contributed by atoms with Crippen molar-refractivity contribution in [2.24, 2.45) is 7.05 Å². The van der Waals surface area contributed by atoms with Crippen LogP contribution in [-0.4, -0.2) is 32.5 Å². The Hall–Kier alpha value is -3.10. The minimum atomic E-state index is -1.51. The summed E-state index contributed by atoms with van der Waals surface area (Å²) in [6.07, 6.45) is 3.36. The highest BCUT2D eigenvalue weighted by molar-refractivity contribution is 7.91. The minimum Gasteiger partial charge on any atom is -0.606 e. The molecule has 0 bridgehead atoms. The van der Waals surface area contributed by atoms with Gasteiger partial charge in [0.25, 0.3) is 11.8 Å². The van der Waals surface area contributed by atoms with Gasteiger partial charge in [0, 0.05) is 36.5 Å². The standard InChI is InChI=1S/C21H20N4O3S/c1-3-25-17-10-14(20(26)23-12-15-11-22-13-24(15)2)8-9-19(17)29(28)18-7-5-4-6-16(18)21(25)27/h4-11,13H,3,12H2,1-2H3,(H,23,26). The zero-order chi connectivity index (χ0) is 20.5. The molecule has 0 spiro atoms. The van der Waals surface area contributed by atoms with Crippen molar-refractivity contribution in [3.63, 3.8) is 0 Å². The molecule has 0 fully saturated rings. The maximum absolute atomic E-state index is 13.2. The summed E-state index contributed by atoms with van der Waals surface area (Å²) in [5, 5.41) is 2.86. The lowest BCUT2D eigenvalue weighted by molar-refractivity contribution is 0.0947. The van der Waals surface area contributed by atoms with E-state index < -0.39 is 11.2 Å². The van der Waals surface area contributed by atoms with E-state index in [0.717, 1.165) is 5.69 Å². The van der Waals surface area contributed by atoms with E-state index in [0.29, 0.717) is 39.7 Å².